The maximum Gasteiger partial charge on any atom is 0.251 e. The molecule has 0 aliphatic carbocycles. The van der Waals surface area contributed by atoms with Crippen molar-refractivity contribution in [2.75, 3.05) is 46.0 Å². The van der Waals surface area contributed by atoms with Crippen molar-refractivity contribution in [3.8, 4) is 11.5 Å². The zero-order chi connectivity index (χ0) is 18.9. The molecule has 4 rings (SSSR count). The Morgan fingerprint density at radius 3 is 2.41 bits per heavy atom. The van der Waals surface area contributed by atoms with Gasteiger partial charge in [0.15, 0.2) is 11.5 Å². The Balaban J connectivity index is 1.44. The average Bonchev–Trinajstić information content (AvgIpc) is 3.12. The molecule has 2 fully saturated rings. The third-order valence-electron chi connectivity index (χ3n) is 5.11. The van der Waals surface area contributed by atoms with Crippen LogP contribution in [0.1, 0.15) is 19.3 Å². The summed E-state index contributed by atoms with van der Waals surface area (Å²) in [4.78, 5) is 14.3. The predicted octanol–water partition coefficient (Wildman–Crippen LogP) is 0.860. The molecule has 0 radical (unpaired) electrons. The molecule has 1 aromatic rings. The summed E-state index contributed by atoms with van der Waals surface area (Å²) in [6, 6.07) is 4.72. The van der Waals surface area contributed by atoms with Crippen LogP contribution < -0.4 is 9.47 Å². The second-order valence-corrected chi connectivity index (χ2v) is 8.83. The third kappa shape index (κ3) is 3.76. The van der Waals surface area contributed by atoms with E-state index >= 15 is 0 Å². The van der Waals surface area contributed by atoms with Crippen molar-refractivity contribution >= 4 is 15.9 Å². The molecule has 1 atom stereocenters. The molecule has 3 aliphatic heterocycles. The Bertz CT molecular complexity index is 798. The summed E-state index contributed by atoms with van der Waals surface area (Å²) in [6.45, 7) is 2.98. The summed E-state index contributed by atoms with van der Waals surface area (Å²) in [6.07, 6.45) is 2.04. The van der Waals surface area contributed by atoms with E-state index in [0.717, 1.165) is 19.3 Å². The molecule has 0 unspecified atom stereocenters. The molecule has 0 saturated carbocycles. The quantitative estimate of drug-likeness (QED) is 0.753. The SMILES string of the molecule is O=C([C@H]1CCCO1)N1CCN(S(=O)(=O)c2ccc3c(c2)OCCCO3)CC1. The number of sulfonamides is 1. The number of benzene rings is 1. The fourth-order valence-corrected chi connectivity index (χ4v) is 5.02. The summed E-state index contributed by atoms with van der Waals surface area (Å²) < 4.78 is 44.0. The van der Waals surface area contributed by atoms with E-state index in [0.29, 0.717) is 44.4 Å². The summed E-state index contributed by atoms with van der Waals surface area (Å²) in [5.41, 5.74) is 0. The summed E-state index contributed by atoms with van der Waals surface area (Å²) in [5, 5.41) is 0. The first-order valence-corrected chi connectivity index (χ1v) is 10.8. The van der Waals surface area contributed by atoms with Crippen molar-refractivity contribution in [3.05, 3.63) is 18.2 Å². The molecule has 2 saturated heterocycles. The minimum absolute atomic E-state index is 0.0277. The van der Waals surface area contributed by atoms with Gasteiger partial charge in [0.2, 0.25) is 10.0 Å². The second-order valence-electron chi connectivity index (χ2n) is 6.89. The number of hydrogen-bond acceptors (Lipinski definition) is 6. The highest BCUT2D eigenvalue weighted by atomic mass is 32.2. The largest absolute Gasteiger partial charge is 0.490 e. The molecule has 3 heterocycles. The van der Waals surface area contributed by atoms with Gasteiger partial charge >= 0.3 is 0 Å². The number of nitrogens with zero attached hydrogens (tertiary/aromatic N) is 2. The van der Waals surface area contributed by atoms with Gasteiger partial charge in [0, 0.05) is 45.3 Å². The molecule has 0 bridgehead atoms. The Hall–Kier alpha value is -1.84. The number of amides is 1. The summed E-state index contributed by atoms with van der Waals surface area (Å²) >= 11 is 0. The topological polar surface area (TPSA) is 85.4 Å². The van der Waals surface area contributed by atoms with Crippen LogP contribution in [-0.2, 0) is 19.6 Å². The van der Waals surface area contributed by atoms with Gasteiger partial charge in [0.05, 0.1) is 18.1 Å². The standard InChI is InChI=1S/C18H24N2O6S/c21-18(16-3-1-10-25-16)19-6-8-20(9-7-19)27(22,23)14-4-5-15-17(13-14)26-12-2-11-24-15/h4-5,13,16H,1-3,6-12H2/t16-/m1/s1. The Labute approximate surface area is 159 Å². The minimum Gasteiger partial charge on any atom is -0.490 e. The minimum atomic E-state index is -3.65. The average molecular weight is 396 g/mol. The van der Waals surface area contributed by atoms with E-state index in [4.69, 9.17) is 14.2 Å². The number of carbonyl (C=O) groups is 1. The van der Waals surface area contributed by atoms with Gasteiger partial charge in [-0.25, -0.2) is 8.42 Å². The molecule has 0 spiro atoms. The van der Waals surface area contributed by atoms with Gasteiger partial charge in [-0.05, 0) is 25.0 Å². The zero-order valence-corrected chi connectivity index (χ0v) is 15.9. The van der Waals surface area contributed by atoms with Gasteiger partial charge in [-0.2, -0.15) is 4.31 Å². The molecule has 27 heavy (non-hydrogen) atoms. The van der Waals surface area contributed by atoms with Crippen LogP contribution in [0.5, 0.6) is 11.5 Å². The summed E-state index contributed by atoms with van der Waals surface area (Å²) in [7, 11) is -3.65. The van der Waals surface area contributed by atoms with Crippen LogP contribution in [0, 0.1) is 0 Å². The molecular formula is C18H24N2O6S. The highest BCUT2D eigenvalue weighted by Gasteiger charge is 2.34. The van der Waals surface area contributed by atoms with Gasteiger partial charge < -0.3 is 19.1 Å². The van der Waals surface area contributed by atoms with E-state index in [1.165, 1.54) is 10.4 Å². The van der Waals surface area contributed by atoms with Crippen molar-refractivity contribution < 1.29 is 27.4 Å². The molecule has 1 aromatic carbocycles. The van der Waals surface area contributed by atoms with Crippen molar-refractivity contribution in [2.45, 2.75) is 30.3 Å². The lowest BCUT2D eigenvalue weighted by Crippen LogP contribution is -2.52. The number of piperazine rings is 1. The van der Waals surface area contributed by atoms with E-state index in [2.05, 4.69) is 0 Å². The Morgan fingerprint density at radius 1 is 0.963 bits per heavy atom. The molecule has 3 aliphatic rings. The normalized spacial score (nSPS) is 23.9. The highest BCUT2D eigenvalue weighted by Crippen LogP contribution is 2.33. The Kier molecular flexibility index (Phi) is 5.25. The second kappa shape index (κ2) is 7.65. The number of fused-ring (bicyclic) bond motifs is 1. The van der Waals surface area contributed by atoms with Crippen molar-refractivity contribution in [3.63, 3.8) is 0 Å². The van der Waals surface area contributed by atoms with Gasteiger partial charge in [-0.1, -0.05) is 0 Å². The first-order valence-electron chi connectivity index (χ1n) is 9.36. The van der Waals surface area contributed by atoms with E-state index < -0.39 is 10.0 Å². The number of rotatable bonds is 3. The zero-order valence-electron chi connectivity index (χ0n) is 15.1. The predicted molar refractivity (Wildman–Crippen MR) is 96.4 cm³/mol. The molecule has 8 nitrogen and oxygen atoms in total. The van der Waals surface area contributed by atoms with Gasteiger partial charge in [0.1, 0.15) is 6.10 Å². The van der Waals surface area contributed by atoms with Crippen molar-refractivity contribution in [1.82, 2.24) is 9.21 Å². The molecule has 0 N–H and O–H groups in total. The van der Waals surface area contributed by atoms with Gasteiger partial charge in [0.25, 0.3) is 5.91 Å². The van der Waals surface area contributed by atoms with Crippen LogP contribution in [0.2, 0.25) is 0 Å². The van der Waals surface area contributed by atoms with Crippen LogP contribution in [0.15, 0.2) is 23.1 Å². The van der Waals surface area contributed by atoms with E-state index in [1.807, 2.05) is 0 Å². The number of carbonyl (C=O) groups excluding carboxylic acids is 1. The first-order chi connectivity index (χ1) is 13.1. The molecule has 148 valence electrons. The van der Waals surface area contributed by atoms with Gasteiger partial charge in [-0.3, -0.25) is 4.79 Å². The molecule has 1 amide bonds. The highest BCUT2D eigenvalue weighted by molar-refractivity contribution is 7.89. The third-order valence-corrected chi connectivity index (χ3v) is 7.01. The lowest BCUT2D eigenvalue weighted by molar-refractivity contribution is -0.142. The van der Waals surface area contributed by atoms with E-state index in [-0.39, 0.29) is 30.0 Å². The van der Waals surface area contributed by atoms with E-state index in [9.17, 15) is 13.2 Å². The van der Waals surface area contributed by atoms with Crippen molar-refractivity contribution in [2.24, 2.45) is 0 Å². The number of ether oxygens (including phenoxy) is 3. The fraction of sp³-hybridized carbons (Fsp3) is 0.611. The van der Waals surface area contributed by atoms with Crippen molar-refractivity contribution in [1.29, 1.82) is 0 Å². The smallest absolute Gasteiger partial charge is 0.251 e. The van der Waals surface area contributed by atoms with Crippen LogP contribution in [0.4, 0.5) is 0 Å². The molecular weight excluding hydrogens is 372 g/mol. The van der Waals surface area contributed by atoms with Crippen LogP contribution >= 0.6 is 0 Å². The van der Waals surface area contributed by atoms with Crippen LogP contribution in [0.25, 0.3) is 0 Å². The van der Waals surface area contributed by atoms with E-state index in [1.54, 1.807) is 17.0 Å². The maximum atomic E-state index is 13.0. The van der Waals surface area contributed by atoms with Crippen LogP contribution in [-0.4, -0.2) is 75.6 Å². The lowest BCUT2D eigenvalue weighted by atomic mass is 10.2. The fourth-order valence-electron chi connectivity index (χ4n) is 3.58. The van der Waals surface area contributed by atoms with Gasteiger partial charge in [-0.15, -0.1) is 0 Å². The Morgan fingerprint density at radius 2 is 1.70 bits per heavy atom. The summed E-state index contributed by atoms with van der Waals surface area (Å²) in [5.74, 6) is 0.999. The monoisotopic (exact) mass is 396 g/mol. The number of hydrogen-bond donors (Lipinski definition) is 0. The lowest BCUT2D eigenvalue weighted by Gasteiger charge is -2.35. The van der Waals surface area contributed by atoms with Crippen LogP contribution in [0.3, 0.4) is 0 Å². The molecule has 9 heteroatoms. The maximum absolute atomic E-state index is 13.0. The molecule has 0 aromatic heterocycles. The first kappa shape index (κ1) is 18.5.